The van der Waals surface area contributed by atoms with E-state index < -0.39 is 0 Å². The Balaban J connectivity index is 2.41. The molecule has 3 N–H and O–H groups in total. The minimum atomic E-state index is -0.263. The van der Waals surface area contributed by atoms with E-state index in [2.05, 4.69) is 10.3 Å². The van der Waals surface area contributed by atoms with Crippen LogP contribution in [0.2, 0.25) is 0 Å². The number of carbonyl (C=O) groups is 2. The molecule has 0 aromatic carbocycles. The first-order valence-corrected chi connectivity index (χ1v) is 7.64. The number of thiazole rings is 1. The van der Waals surface area contributed by atoms with Crippen molar-refractivity contribution in [3.8, 4) is 0 Å². The van der Waals surface area contributed by atoms with Crippen LogP contribution in [-0.2, 0) is 4.79 Å². The summed E-state index contributed by atoms with van der Waals surface area (Å²) in [5, 5.41) is 5.11. The maximum atomic E-state index is 11.8. The third-order valence-electron chi connectivity index (χ3n) is 2.88. The summed E-state index contributed by atoms with van der Waals surface area (Å²) < 4.78 is 0. The Bertz CT molecular complexity index is 455. The molecule has 0 fully saturated rings. The lowest BCUT2D eigenvalue weighted by Crippen LogP contribution is -2.34. The van der Waals surface area contributed by atoms with Crippen LogP contribution in [0.1, 0.15) is 48.7 Å². The Kier molecular flexibility index (Phi) is 6.60. The third kappa shape index (κ3) is 4.57. The predicted octanol–water partition coefficient (Wildman–Crippen LogP) is 1.15. The van der Waals surface area contributed by atoms with E-state index >= 15 is 0 Å². The van der Waals surface area contributed by atoms with Gasteiger partial charge in [-0.25, -0.2) is 4.98 Å². The van der Waals surface area contributed by atoms with Gasteiger partial charge in [-0.15, -0.1) is 11.3 Å². The molecule has 0 aliphatic carbocycles. The van der Waals surface area contributed by atoms with E-state index in [1.807, 2.05) is 20.8 Å². The first-order valence-electron chi connectivity index (χ1n) is 6.76. The van der Waals surface area contributed by atoms with Crippen molar-refractivity contribution in [2.45, 2.75) is 33.2 Å². The predicted molar refractivity (Wildman–Crippen MR) is 79.6 cm³/mol. The standard InChI is InChI=1S/C13H22N4O2S/c1-4-17(5-2)11(18)6-7-15-12(19)10-8-20-13(16-10)9(3)14/h8-9H,4-7,14H2,1-3H3,(H,15,19). The van der Waals surface area contributed by atoms with Crippen molar-refractivity contribution in [1.29, 1.82) is 0 Å². The molecule has 7 heteroatoms. The van der Waals surface area contributed by atoms with Crippen LogP contribution in [0.3, 0.4) is 0 Å². The molecule has 1 aromatic heterocycles. The van der Waals surface area contributed by atoms with Crippen LogP contribution in [-0.4, -0.2) is 41.3 Å². The highest BCUT2D eigenvalue weighted by molar-refractivity contribution is 7.09. The summed E-state index contributed by atoms with van der Waals surface area (Å²) in [6.45, 7) is 7.39. The molecule has 0 bridgehead atoms. The van der Waals surface area contributed by atoms with E-state index in [1.165, 1.54) is 11.3 Å². The number of nitrogens with one attached hydrogen (secondary N) is 1. The van der Waals surface area contributed by atoms with Gasteiger partial charge in [0, 0.05) is 31.4 Å². The monoisotopic (exact) mass is 298 g/mol. The van der Waals surface area contributed by atoms with Crippen LogP contribution < -0.4 is 11.1 Å². The lowest BCUT2D eigenvalue weighted by molar-refractivity contribution is -0.130. The number of rotatable bonds is 7. The zero-order valence-electron chi connectivity index (χ0n) is 12.2. The average molecular weight is 298 g/mol. The highest BCUT2D eigenvalue weighted by Gasteiger charge is 2.14. The summed E-state index contributed by atoms with van der Waals surface area (Å²) in [5.74, 6) is -0.217. The smallest absolute Gasteiger partial charge is 0.270 e. The summed E-state index contributed by atoms with van der Waals surface area (Å²) in [6.07, 6.45) is 0.303. The molecular weight excluding hydrogens is 276 g/mol. The lowest BCUT2D eigenvalue weighted by atomic mass is 10.3. The van der Waals surface area contributed by atoms with Crippen molar-refractivity contribution in [2.24, 2.45) is 5.73 Å². The molecule has 1 rings (SSSR count). The molecular formula is C13H22N4O2S. The molecule has 0 aliphatic heterocycles. The molecule has 0 aliphatic rings. The third-order valence-corrected chi connectivity index (χ3v) is 3.93. The maximum absolute atomic E-state index is 11.8. The van der Waals surface area contributed by atoms with Crippen LogP contribution in [0.15, 0.2) is 5.38 Å². The Morgan fingerprint density at radius 2 is 2.10 bits per heavy atom. The fourth-order valence-corrected chi connectivity index (χ4v) is 2.47. The molecule has 1 atom stereocenters. The van der Waals surface area contributed by atoms with Crippen LogP contribution in [0.25, 0.3) is 0 Å². The zero-order chi connectivity index (χ0) is 15.1. The Morgan fingerprint density at radius 1 is 1.45 bits per heavy atom. The largest absolute Gasteiger partial charge is 0.350 e. The van der Waals surface area contributed by atoms with Gasteiger partial charge in [0.15, 0.2) is 0 Å². The van der Waals surface area contributed by atoms with Gasteiger partial charge in [0.2, 0.25) is 5.91 Å². The fourth-order valence-electron chi connectivity index (χ4n) is 1.71. The van der Waals surface area contributed by atoms with Gasteiger partial charge in [-0.3, -0.25) is 9.59 Å². The first kappa shape index (κ1) is 16.6. The van der Waals surface area contributed by atoms with Crippen molar-refractivity contribution in [1.82, 2.24) is 15.2 Å². The van der Waals surface area contributed by atoms with E-state index in [1.54, 1.807) is 10.3 Å². The second-order valence-electron chi connectivity index (χ2n) is 4.43. The molecule has 1 aromatic rings. The fraction of sp³-hybridized carbons (Fsp3) is 0.615. The second kappa shape index (κ2) is 7.96. The van der Waals surface area contributed by atoms with Crippen molar-refractivity contribution in [3.05, 3.63) is 16.1 Å². The van der Waals surface area contributed by atoms with Crippen molar-refractivity contribution in [3.63, 3.8) is 0 Å². The molecule has 0 saturated heterocycles. The van der Waals surface area contributed by atoms with E-state index in [9.17, 15) is 9.59 Å². The van der Waals surface area contributed by atoms with E-state index in [0.29, 0.717) is 31.7 Å². The summed E-state index contributed by atoms with van der Waals surface area (Å²) in [6, 6.07) is -0.175. The van der Waals surface area contributed by atoms with Crippen molar-refractivity contribution < 1.29 is 9.59 Å². The van der Waals surface area contributed by atoms with Crippen molar-refractivity contribution in [2.75, 3.05) is 19.6 Å². The quantitative estimate of drug-likeness (QED) is 0.790. The van der Waals surface area contributed by atoms with Gasteiger partial charge in [0.1, 0.15) is 10.7 Å². The van der Waals surface area contributed by atoms with Gasteiger partial charge >= 0.3 is 0 Å². The molecule has 1 heterocycles. The van der Waals surface area contributed by atoms with E-state index in [0.717, 1.165) is 5.01 Å². The highest BCUT2D eigenvalue weighted by Crippen LogP contribution is 2.15. The maximum Gasteiger partial charge on any atom is 0.270 e. The molecule has 0 saturated carbocycles. The number of hydrogen-bond acceptors (Lipinski definition) is 5. The van der Waals surface area contributed by atoms with Gasteiger partial charge in [-0.2, -0.15) is 0 Å². The topological polar surface area (TPSA) is 88.3 Å². The first-order chi connectivity index (χ1) is 9.49. The number of nitrogens with two attached hydrogens (primary N) is 1. The summed E-state index contributed by atoms with van der Waals surface area (Å²) >= 11 is 1.37. The van der Waals surface area contributed by atoms with Crippen molar-refractivity contribution >= 4 is 23.2 Å². The molecule has 0 radical (unpaired) electrons. The number of aromatic nitrogens is 1. The Labute approximate surface area is 123 Å². The average Bonchev–Trinajstić information content (AvgIpc) is 2.89. The number of nitrogens with zero attached hydrogens (tertiary/aromatic N) is 2. The summed E-state index contributed by atoms with van der Waals surface area (Å²) in [4.78, 5) is 29.5. The SMILES string of the molecule is CCN(CC)C(=O)CCNC(=O)c1csc(C(C)N)n1. The second-order valence-corrected chi connectivity index (χ2v) is 5.32. The van der Waals surface area contributed by atoms with E-state index in [-0.39, 0.29) is 17.9 Å². The molecule has 6 nitrogen and oxygen atoms in total. The minimum absolute atomic E-state index is 0.0462. The molecule has 2 amide bonds. The van der Waals surface area contributed by atoms with Crippen LogP contribution in [0, 0.1) is 0 Å². The normalized spacial score (nSPS) is 12.0. The molecule has 1 unspecified atom stereocenters. The van der Waals surface area contributed by atoms with Gasteiger partial charge in [-0.05, 0) is 20.8 Å². The highest BCUT2D eigenvalue weighted by atomic mass is 32.1. The number of carbonyl (C=O) groups excluding carboxylic acids is 2. The zero-order valence-corrected chi connectivity index (χ0v) is 13.0. The molecule has 0 spiro atoms. The summed E-state index contributed by atoms with van der Waals surface area (Å²) in [7, 11) is 0. The number of hydrogen-bond donors (Lipinski definition) is 2. The Hall–Kier alpha value is -1.47. The van der Waals surface area contributed by atoms with E-state index in [4.69, 9.17) is 5.73 Å². The minimum Gasteiger partial charge on any atom is -0.350 e. The lowest BCUT2D eigenvalue weighted by Gasteiger charge is -2.18. The van der Waals surface area contributed by atoms with Gasteiger partial charge in [0.25, 0.3) is 5.91 Å². The molecule has 20 heavy (non-hydrogen) atoms. The van der Waals surface area contributed by atoms with Crippen LogP contribution >= 0.6 is 11.3 Å². The number of amides is 2. The van der Waals surface area contributed by atoms with Crippen LogP contribution in [0.4, 0.5) is 0 Å². The van der Waals surface area contributed by atoms with Gasteiger partial charge in [-0.1, -0.05) is 0 Å². The summed E-state index contributed by atoms with van der Waals surface area (Å²) in [5.41, 5.74) is 6.06. The molecule has 112 valence electrons. The van der Waals surface area contributed by atoms with Crippen LogP contribution in [0.5, 0.6) is 0 Å². The van der Waals surface area contributed by atoms with Gasteiger partial charge in [0.05, 0.1) is 6.04 Å². The Morgan fingerprint density at radius 3 is 2.60 bits per heavy atom. The van der Waals surface area contributed by atoms with Gasteiger partial charge < -0.3 is 16.0 Å².